The Morgan fingerprint density at radius 1 is 0.900 bits per heavy atom. The molecule has 152 valence electrons. The Bertz CT molecular complexity index is 1080. The SMILES string of the molecule is CCOc1ccccc1/C=N\NC(=O)c1ccccc1NC(=O)c1ccccc1C. The van der Waals surface area contributed by atoms with E-state index < -0.39 is 5.91 Å². The van der Waals surface area contributed by atoms with E-state index in [2.05, 4.69) is 15.8 Å². The van der Waals surface area contributed by atoms with Crippen molar-refractivity contribution < 1.29 is 14.3 Å². The number of carbonyl (C=O) groups is 2. The molecule has 0 unspecified atom stereocenters. The van der Waals surface area contributed by atoms with E-state index in [4.69, 9.17) is 4.74 Å². The molecule has 0 bridgehead atoms. The molecule has 3 aromatic rings. The average Bonchev–Trinajstić information content (AvgIpc) is 2.75. The fraction of sp³-hybridized carbons (Fsp3) is 0.125. The van der Waals surface area contributed by atoms with Gasteiger partial charge in [0.15, 0.2) is 0 Å². The first-order valence-corrected chi connectivity index (χ1v) is 9.61. The second-order valence-corrected chi connectivity index (χ2v) is 6.48. The molecule has 0 aliphatic carbocycles. The predicted octanol–water partition coefficient (Wildman–Crippen LogP) is 4.41. The topological polar surface area (TPSA) is 79.8 Å². The van der Waals surface area contributed by atoms with E-state index >= 15 is 0 Å². The number of hydrazone groups is 1. The Morgan fingerprint density at radius 2 is 1.57 bits per heavy atom. The summed E-state index contributed by atoms with van der Waals surface area (Å²) in [7, 11) is 0. The van der Waals surface area contributed by atoms with Gasteiger partial charge in [0.2, 0.25) is 0 Å². The van der Waals surface area contributed by atoms with Gasteiger partial charge in [-0.3, -0.25) is 9.59 Å². The van der Waals surface area contributed by atoms with Crippen molar-refractivity contribution in [1.29, 1.82) is 0 Å². The van der Waals surface area contributed by atoms with Crippen molar-refractivity contribution >= 4 is 23.7 Å². The van der Waals surface area contributed by atoms with Crippen LogP contribution in [-0.4, -0.2) is 24.6 Å². The summed E-state index contributed by atoms with van der Waals surface area (Å²) in [6.45, 7) is 4.30. The third-order valence-electron chi connectivity index (χ3n) is 4.40. The smallest absolute Gasteiger partial charge is 0.273 e. The van der Waals surface area contributed by atoms with Gasteiger partial charge >= 0.3 is 0 Å². The largest absolute Gasteiger partial charge is 0.493 e. The summed E-state index contributed by atoms with van der Waals surface area (Å²) in [5.74, 6) is -0.0211. The lowest BCUT2D eigenvalue weighted by atomic mass is 10.1. The van der Waals surface area contributed by atoms with Crippen molar-refractivity contribution in [2.24, 2.45) is 5.10 Å². The van der Waals surface area contributed by atoms with E-state index in [0.717, 1.165) is 11.1 Å². The van der Waals surface area contributed by atoms with Crippen LogP contribution in [0.25, 0.3) is 0 Å². The molecule has 0 spiro atoms. The van der Waals surface area contributed by atoms with Gasteiger partial charge in [-0.05, 0) is 49.7 Å². The highest BCUT2D eigenvalue weighted by atomic mass is 16.5. The van der Waals surface area contributed by atoms with Gasteiger partial charge in [0.05, 0.1) is 24.1 Å². The number of amides is 2. The van der Waals surface area contributed by atoms with Crippen LogP contribution in [0.4, 0.5) is 5.69 Å². The quantitative estimate of drug-likeness (QED) is 0.455. The Balaban J connectivity index is 1.73. The standard InChI is InChI=1S/C24H23N3O3/c1-3-30-22-15-9-5-11-18(22)16-25-27-24(29)20-13-7-8-14-21(20)26-23(28)19-12-6-4-10-17(19)2/h4-16H,3H2,1-2H3,(H,26,28)(H,27,29)/b25-16-. The highest BCUT2D eigenvalue weighted by Gasteiger charge is 2.14. The zero-order valence-electron chi connectivity index (χ0n) is 16.9. The van der Waals surface area contributed by atoms with Gasteiger partial charge in [-0.25, -0.2) is 5.43 Å². The van der Waals surface area contributed by atoms with E-state index in [1.165, 1.54) is 6.21 Å². The number of para-hydroxylation sites is 2. The first-order chi connectivity index (χ1) is 14.6. The highest BCUT2D eigenvalue weighted by Crippen LogP contribution is 2.18. The Labute approximate surface area is 175 Å². The number of carbonyl (C=O) groups excluding carboxylic acids is 2. The van der Waals surface area contributed by atoms with Crippen LogP contribution in [0.3, 0.4) is 0 Å². The molecule has 0 aromatic heterocycles. The monoisotopic (exact) mass is 401 g/mol. The number of hydrogen-bond donors (Lipinski definition) is 2. The van der Waals surface area contributed by atoms with Crippen molar-refractivity contribution in [1.82, 2.24) is 5.43 Å². The fourth-order valence-corrected chi connectivity index (χ4v) is 2.90. The third-order valence-corrected chi connectivity index (χ3v) is 4.40. The van der Waals surface area contributed by atoms with Crippen LogP contribution in [-0.2, 0) is 0 Å². The van der Waals surface area contributed by atoms with Crippen LogP contribution in [0.5, 0.6) is 5.75 Å². The molecule has 30 heavy (non-hydrogen) atoms. The molecule has 0 atom stereocenters. The van der Waals surface area contributed by atoms with Crippen LogP contribution in [0.1, 0.15) is 38.8 Å². The Morgan fingerprint density at radius 3 is 2.33 bits per heavy atom. The summed E-state index contributed by atoms with van der Waals surface area (Å²) >= 11 is 0. The van der Waals surface area contributed by atoms with E-state index in [9.17, 15) is 9.59 Å². The molecule has 0 fully saturated rings. The number of ether oxygens (including phenoxy) is 1. The van der Waals surface area contributed by atoms with Gasteiger partial charge in [-0.1, -0.05) is 42.5 Å². The minimum atomic E-state index is -0.430. The number of hydrogen-bond acceptors (Lipinski definition) is 4. The zero-order chi connectivity index (χ0) is 21.3. The zero-order valence-corrected chi connectivity index (χ0v) is 16.9. The maximum absolute atomic E-state index is 12.6. The van der Waals surface area contributed by atoms with Crippen LogP contribution >= 0.6 is 0 Å². The summed E-state index contributed by atoms with van der Waals surface area (Å²) in [6.07, 6.45) is 1.53. The lowest BCUT2D eigenvalue weighted by Crippen LogP contribution is -2.21. The van der Waals surface area contributed by atoms with Gasteiger partial charge in [-0.15, -0.1) is 0 Å². The minimum Gasteiger partial charge on any atom is -0.493 e. The van der Waals surface area contributed by atoms with E-state index in [1.54, 1.807) is 36.4 Å². The summed E-state index contributed by atoms with van der Waals surface area (Å²) in [4.78, 5) is 25.3. The summed E-state index contributed by atoms with van der Waals surface area (Å²) in [5.41, 5.74) is 5.39. The molecule has 3 rings (SSSR count). The van der Waals surface area contributed by atoms with Crippen LogP contribution in [0.2, 0.25) is 0 Å². The highest BCUT2D eigenvalue weighted by molar-refractivity contribution is 6.09. The number of benzene rings is 3. The van der Waals surface area contributed by atoms with E-state index in [-0.39, 0.29) is 5.91 Å². The van der Waals surface area contributed by atoms with E-state index in [1.807, 2.05) is 50.2 Å². The average molecular weight is 401 g/mol. The summed E-state index contributed by atoms with van der Waals surface area (Å²) in [6, 6.07) is 21.5. The number of aryl methyl sites for hydroxylation is 1. The Hall–Kier alpha value is -3.93. The fourth-order valence-electron chi connectivity index (χ4n) is 2.90. The molecule has 0 radical (unpaired) electrons. The minimum absolute atomic E-state index is 0.275. The maximum atomic E-state index is 12.6. The Kier molecular flexibility index (Phi) is 6.95. The van der Waals surface area contributed by atoms with Gasteiger partial charge < -0.3 is 10.1 Å². The lowest BCUT2D eigenvalue weighted by Gasteiger charge is -2.11. The molecule has 0 aliphatic rings. The van der Waals surface area contributed by atoms with Gasteiger partial charge in [0, 0.05) is 11.1 Å². The van der Waals surface area contributed by atoms with Crippen molar-refractivity contribution in [2.75, 3.05) is 11.9 Å². The molecular formula is C24H23N3O3. The van der Waals surface area contributed by atoms with Gasteiger partial charge in [0.25, 0.3) is 11.8 Å². The second-order valence-electron chi connectivity index (χ2n) is 6.48. The third kappa shape index (κ3) is 5.11. The van der Waals surface area contributed by atoms with Crippen molar-refractivity contribution in [3.8, 4) is 5.75 Å². The molecule has 2 N–H and O–H groups in total. The van der Waals surface area contributed by atoms with Crippen molar-refractivity contribution in [3.63, 3.8) is 0 Å². The first kappa shape index (κ1) is 20.8. The molecule has 2 amide bonds. The van der Waals surface area contributed by atoms with Crippen LogP contribution in [0.15, 0.2) is 77.9 Å². The van der Waals surface area contributed by atoms with E-state index in [0.29, 0.717) is 29.2 Å². The second kappa shape index (κ2) is 10.0. The predicted molar refractivity (Wildman–Crippen MR) is 118 cm³/mol. The molecule has 3 aromatic carbocycles. The number of rotatable bonds is 7. The van der Waals surface area contributed by atoms with Crippen molar-refractivity contribution in [3.05, 3.63) is 95.1 Å². The van der Waals surface area contributed by atoms with Crippen molar-refractivity contribution in [2.45, 2.75) is 13.8 Å². The first-order valence-electron chi connectivity index (χ1n) is 9.61. The molecule has 0 saturated heterocycles. The number of anilines is 1. The molecule has 0 saturated carbocycles. The van der Waals surface area contributed by atoms with Crippen LogP contribution < -0.4 is 15.5 Å². The molecule has 6 heteroatoms. The summed E-state index contributed by atoms with van der Waals surface area (Å²) in [5, 5.41) is 6.85. The molecular weight excluding hydrogens is 378 g/mol. The van der Waals surface area contributed by atoms with Gasteiger partial charge in [0.1, 0.15) is 5.75 Å². The number of nitrogens with one attached hydrogen (secondary N) is 2. The normalized spacial score (nSPS) is 10.6. The molecule has 0 aliphatic heterocycles. The van der Waals surface area contributed by atoms with Crippen LogP contribution in [0, 0.1) is 6.92 Å². The molecule has 0 heterocycles. The molecule has 6 nitrogen and oxygen atoms in total. The lowest BCUT2D eigenvalue weighted by molar-refractivity contribution is 0.0956. The maximum Gasteiger partial charge on any atom is 0.273 e. The summed E-state index contributed by atoms with van der Waals surface area (Å²) < 4.78 is 5.54. The number of nitrogens with zero attached hydrogens (tertiary/aromatic N) is 1. The van der Waals surface area contributed by atoms with Gasteiger partial charge in [-0.2, -0.15) is 5.10 Å².